The largest absolute Gasteiger partial charge is 0.346 e. The van der Waals surface area contributed by atoms with Crippen LogP contribution in [0.3, 0.4) is 0 Å². The standard InChI is InChI=1S/C13H21N5O2/c1-7(2)9-6-18-11(12(19)14-9)10(15-16-18)13(20)17(5)8(3)4/h7-9H,6H2,1-5H3,(H,14,19)/t9-/m1/s1. The SMILES string of the molecule is CC(C)[C@H]1Cn2nnc(C(=O)N(C)C(C)C)c2C(=O)N1. The van der Waals surface area contributed by atoms with Crippen LogP contribution in [-0.4, -0.2) is 50.8 Å². The molecule has 1 aromatic rings. The Morgan fingerprint density at radius 2 is 2.05 bits per heavy atom. The molecule has 0 saturated heterocycles. The minimum Gasteiger partial charge on any atom is -0.346 e. The first-order valence-electron chi connectivity index (χ1n) is 6.84. The van der Waals surface area contributed by atoms with Gasteiger partial charge in [-0.1, -0.05) is 19.1 Å². The molecule has 0 aliphatic carbocycles. The summed E-state index contributed by atoms with van der Waals surface area (Å²) in [5.41, 5.74) is 0.389. The van der Waals surface area contributed by atoms with Gasteiger partial charge in [-0.05, 0) is 19.8 Å². The van der Waals surface area contributed by atoms with E-state index in [-0.39, 0.29) is 35.3 Å². The number of amides is 2. The van der Waals surface area contributed by atoms with Crippen LogP contribution in [0.4, 0.5) is 0 Å². The molecule has 0 saturated carbocycles. The minimum absolute atomic E-state index is 0.0162. The van der Waals surface area contributed by atoms with Crippen LogP contribution in [0.5, 0.6) is 0 Å². The van der Waals surface area contributed by atoms with Crippen molar-refractivity contribution in [1.29, 1.82) is 0 Å². The number of nitrogens with zero attached hydrogens (tertiary/aromatic N) is 4. The van der Waals surface area contributed by atoms with Crippen LogP contribution >= 0.6 is 0 Å². The monoisotopic (exact) mass is 279 g/mol. The van der Waals surface area contributed by atoms with Gasteiger partial charge in [0.05, 0.1) is 12.6 Å². The third-order valence-corrected chi connectivity index (χ3v) is 3.74. The number of carbonyl (C=O) groups is 2. The van der Waals surface area contributed by atoms with Crippen molar-refractivity contribution in [2.45, 2.75) is 46.3 Å². The average Bonchev–Trinajstić information content (AvgIpc) is 2.81. The summed E-state index contributed by atoms with van der Waals surface area (Å²) in [6.07, 6.45) is 0. The molecule has 7 nitrogen and oxygen atoms in total. The van der Waals surface area contributed by atoms with E-state index in [1.165, 1.54) is 4.68 Å². The molecule has 110 valence electrons. The predicted molar refractivity (Wildman–Crippen MR) is 73.3 cm³/mol. The van der Waals surface area contributed by atoms with E-state index in [0.717, 1.165) is 0 Å². The van der Waals surface area contributed by atoms with Crippen molar-refractivity contribution in [3.63, 3.8) is 0 Å². The van der Waals surface area contributed by atoms with Crippen molar-refractivity contribution < 1.29 is 9.59 Å². The fourth-order valence-electron chi connectivity index (χ4n) is 2.06. The second-order valence-electron chi connectivity index (χ2n) is 5.80. The summed E-state index contributed by atoms with van der Waals surface area (Å²) in [7, 11) is 1.69. The molecule has 7 heteroatoms. The van der Waals surface area contributed by atoms with Gasteiger partial charge in [0, 0.05) is 13.1 Å². The number of fused-ring (bicyclic) bond motifs is 1. The molecule has 1 aliphatic heterocycles. The quantitative estimate of drug-likeness (QED) is 0.875. The van der Waals surface area contributed by atoms with Crippen LogP contribution in [0, 0.1) is 5.92 Å². The molecule has 1 aliphatic rings. The van der Waals surface area contributed by atoms with Crippen LogP contribution in [0.15, 0.2) is 0 Å². The molecule has 0 spiro atoms. The maximum Gasteiger partial charge on any atom is 0.276 e. The van der Waals surface area contributed by atoms with E-state index in [0.29, 0.717) is 12.5 Å². The second kappa shape index (κ2) is 5.22. The number of hydrogen-bond donors (Lipinski definition) is 1. The number of carbonyl (C=O) groups excluding carboxylic acids is 2. The summed E-state index contributed by atoms with van der Waals surface area (Å²) in [6.45, 7) is 8.42. The number of aromatic nitrogens is 3. The van der Waals surface area contributed by atoms with E-state index in [9.17, 15) is 9.59 Å². The average molecular weight is 279 g/mol. The topological polar surface area (TPSA) is 80.1 Å². The molecule has 2 rings (SSSR count). The summed E-state index contributed by atoms with van der Waals surface area (Å²) < 4.78 is 1.53. The van der Waals surface area contributed by atoms with Gasteiger partial charge in [0.2, 0.25) is 0 Å². The van der Waals surface area contributed by atoms with Gasteiger partial charge in [0.25, 0.3) is 11.8 Å². The maximum atomic E-state index is 12.3. The minimum atomic E-state index is -0.278. The zero-order valence-corrected chi connectivity index (χ0v) is 12.5. The Hall–Kier alpha value is -1.92. The Kier molecular flexibility index (Phi) is 3.78. The molecule has 0 bridgehead atoms. The lowest BCUT2D eigenvalue weighted by Crippen LogP contribution is -2.48. The van der Waals surface area contributed by atoms with Crippen molar-refractivity contribution in [2.24, 2.45) is 5.92 Å². The maximum absolute atomic E-state index is 12.3. The summed E-state index contributed by atoms with van der Waals surface area (Å²) in [5.74, 6) is -0.256. The van der Waals surface area contributed by atoms with E-state index < -0.39 is 0 Å². The van der Waals surface area contributed by atoms with Crippen molar-refractivity contribution in [3.8, 4) is 0 Å². The molecule has 2 amide bonds. The highest BCUT2D eigenvalue weighted by molar-refractivity contribution is 6.05. The van der Waals surface area contributed by atoms with Gasteiger partial charge in [0.1, 0.15) is 0 Å². The molecule has 0 radical (unpaired) electrons. The Bertz CT molecular complexity index is 535. The fraction of sp³-hybridized carbons (Fsp3) is 0.692. The fourth-order valence-corrected chi connectivity index (χ4v) is 2.06. The Balaban J connectivity index is 2.33. The van der Waals surface area contributed by atoms with Gasteiger partial charge in [-0.2, -0.15) is 0 Å². The van der Waals surface area contributed by atoms with Crippen LogP contribution in [0.1, 0.15) is 48.7 Å². The van der Waals surface area contributed by atoms with Crippen LogP contribution in [0.25, 0.3) is 0 Å². The van der Waals surface area contributed by atoms with E-state index in [1.807, 2.05) is 27.7 Å². The zero-order valence-electron chi connectivity index (χ0n) is 12.5. The smallest absolute Gasteiger partial charge is 0.276 e. The summed E-state index contributed by atoms with van der Waals surface area (Å²) in [5, 5.41) is 10.8. The Morgan fingerprint density at radius 1 is 1.40 bits per heavy atom. The van der Waals surface area contributed by atoms with Crippen LogP contribution in [0.2, 0.25) is 0 Å². The molecular weight excluding hydrogens is 258 g/mol. The number of rotatable bonds is 3. The first-order valence-corrected chi connectivity index (χ1v) is 6.84. The van der Waals surface area contributed by atoms with Crippen LogP contribution in [-0.2, 0) is 6.54 Å². The first-order chi connectivity index (χ1) is 9.32. The van der Waals surface area contributed by atoms with Crippen molar-refractivity contribution in [2.75, 3.05) is 7.05 Å². The predicted octanol–water partition coefficient (Wildman–Crippen LogP) is 0.526. The molecule has 0 fully saturated rings. The van der Waals surface area contributed by atoms with Crippen molar-refractivity contribution in [3.05, 3.63) is 11.4 Å². The first kappa shape index (κ1) is 14.5. The lowest BCUT2D eigenvalue weighted by atomic mass is 10.0. The van der Waals surface area contributed by atoms with Gasteiger partial charge < -0.3 is 10.2 Å². The van der Waals surface area contributed by atoms with Crippen LogP contribution < -0.4 is 5.32 Å². The molecule has 1 aromatic heterocycles. The second-order valence-corrected chi connectivity index (χ2v) is 5.80. The Labute approximate surface area is 118 Å². The third-order valence-electron chi connectivity index (χ3n) is 3.74. The number of nitrogens with one attached hydrogen (secondary N) is 1. The molecule has 0 aromatic carbocycles. The lowest BCUT2D eigenvalue weighted by Gasteiger charge is -2.27. The summed E-state index contributed by atoms with van der Waals surface area (Å²) in [4.78, 5) is 26.1. The van der Waals surface area contributed by atoms with Crippen molar-refractivity contribution >= 4 is 11.8 Å². The van der Waals surface area contributed by atoms with Gasteiger partial charge in [-0.25, -0.2) is 4.68 Å². The van der Waals surface area contributed by atoms with E-state index in [1.54, 1.807) is 11.9 Å². The molecular formula is C13H21N5O2. The highest BCUT2D eigenvalue weighted by Gasteiger charge is 2.34. The normalized spacial score (nSPS) is 18.1. The molecule has 20 heavy (non-hydrogen) atoms. The highest BCUT2D eigenvalue weighted by atomic mass is 16.2. The van der Waals surface area contributed by atoms with Gasteiger partial charge >= 0.3 is 0 Å². The summed E-state index contributed by atoms with van der Waals surface area (Å²) in [6, 6.07) is 0.0531. The third kappa shape index (κ3) is 2.39. The Morgan fingerprint density at radius 3 is 2.60 bits per heavy atom. The van der Waals surface area contributed by atoms with Gasteiger partial charge in [-0.15, -0.1) is 5.10 Å². The molecule has 1 N–H and O–H groups in total. The number of hydrogen-bond acceptors (Lipinski definition) is 4. The lowest BCUT2D eigenvalue weighted by molar-refractivity contribution is 0.0737. The van der Waals surface area contributed by atoms with Gasteiger partial charge in [0.15, 0.2) is 11.4 Å². The van der Waals surface area contributed by atoms with E-state index in [4.69, 9.17) is 0 Å². The zero-order chi connectivity index (χ0) is 15.0. The molecule has 2 heterocycles. The van der Waals surface area contributed by atoms with E-state index >= 15 is 0 Å². The molecule has 0 unspecified atom stereocenters. The molecule has 1 atom stereocenters. The summed E-state index contributed by atoms with van der Waals surface area (Å²) >= 11 is 0. The van der Waals surface area contributed by atoms with E-state index in [2.05, 4.69) is 15.6 Å². The van der Waals surface area contributed by atoms with Crippen molar-refractivity contribution in [1.82, 2.24) is 25.2 Å². The highest BCUT2D eigenvalue weighted by Crippen LogP contribution is 2.17. The van der Waals surface area contributed by atoms with Gasteiger partial charge in [-0.3, -0.25) is 9.59 Å².